The average Bonchev–Trinajstić information content (AvgIpc) is 2.37. The summed E-state index contributed by atoms with van der Waals surface area (Å²) in [6.45, 7) is 5.68. The van der Waals surface area contributed by atoms with Gasteiger partial charge in [0, 0.05) is 11.8 Å². The summed E-state index contributed by atoms with van der Waals surface area (Å²) in [6, 6.07) is 5.19. The number of carboxylic acid groups (broad SMARTS) is 1. The Morgan fingerprint density at radius 2 is 1.76 bits per heavy atom. The van der Waals surface area contributed by atoms with Gasteiger partial charge in [0.25, 0.3) is 5.91 Å². The van der Waals surface area contributed by atoms with E-state index in [1.54, 1.807) is 0 Å². The molecule has 0 radical (unpaired) electrons. The maximum atomic E-state index is 12.4. The Labute approximate surface area is 122 Å². The predicted octanol–water partition coefficient (Wildman–Crippen LogP) is 2.96. The Kier molecular flexibility index (Phi) is 4.03. The number of benzene rings is 1. The molecule has 0 saturated heterocycles. The first-order valence-corrected chi connectivity index (χ1v) is 6.46. The highest BCUT2D eigenvalue weighted by Crippen LogP contribution is 2.20. The number of aromatic nitrogens is 1. The Hall–Kier alpha value is -2.69. The van der Waals surface area contributed by atoms with Crippen LogP contribution in [0.5, 0.6) is 0 Å². The summed E-state index contributed by atoms with van der Waals surface area (Å²) in [5, 5.41) is 11.7. The van der Waals surface area contributed by atoms with Gasteiger partial charge < -0.3 is 10.4 Å². The summed E-state index contributed by atoms with van der Waals surface area (Å²) >= 11 is 0. The molecule has 0 saturated carbocycles. The second-order valence-corrected chi connectivity index (χ2v) is 4.95. The van der Waals surface area contributed by atoms with Gasteiger partial charge in [0.15, 0.2) is 0 Å². The van der Waals surface area contributed by atoms with E-state index in [9.17, 15) is 9.59 Å². The normalized spacial score (nSPS) is 10.2. The number of aryl methyl sites for hydroxylation is 3. The molecule has 1 heterocycles. The smallest absolute Gasteiger partial charge is 0.337 e. The van der Waals surface area contributed by atoms with Gasteiger partial charge >= 0.3 is 5.97 Å². The predicted molar refractivity (Wildman–Crippen MR) is 79.8 cm³/mol. The number of nitrogens with zero attached hydrogens (tertiary/aromatic N) is 1. The highest BCUT2D eigenvalue weighted by Gasteiger charge is 2.16. The lowest BCUT2D eigenvalue weighted by molar-refractivity contribution is 0.0698. The van der Waals surface area contributed by atoms with Gasteiger partial charge in [0.1, 0.15) is 0 Å². The number of amides is 1. The minimum atomic E-state index is -1.11. The molecule has 0 atom stereocenters. The van der Waals surface area contributed by atoms with Gasteiger partial charge in [-0.3, -0.25) is 9.78 Å². The number of hydrogen-bond donors (Lipinski definition) is 2. The average molecular weight is 284 g/mol. The van der Waals surface area contributed by atoms with E-state index in [1.807, 2.05) is 32.9 Å². The third-order valence-electron chi connectivity index (χ3n) is 3.20. The number of pyridine rings is 1. The Balaban J connectivity index is 2.38. The number of nitrogens with one attached hydrogen (secondary N) is 1. The zero-order valence-corrected chi connectivity index (χ0v) is 12.1. The van der Waals surface area contributed by atoms with Crippen LogP contribution in [0.1, 0.15) is 37.4 Å². The van der Waals surface area contributed by atoms with Crippen LogP contribution in [0.4, 0.5) is 5.69 Å². The molecule has 0 aliphatic heterocycles. The topological polar surface area (TPSA) is 79.3 Å². The van der Waals surface area contributed by atoms with Gasteiger partial charge in [-0.1, -0.05) is 17.7 Å². The van der Waals surface area contributed by atoms with Gasteiger partial charge in [0.05, 0.1) is 17.4 Å². The monoisotopic (exact) mass is 284 g/mol. The van der Waals surface area contributed by atoms with E-state index in [-0.39, 0.29) is 17.2 Å². The molecule has 0 aliphatic carbocycles. The minimum Gasteiger partial charge on any atom is -0.478 e. The van der Waals surface area contributed by atoms with Gasteiger partial charge in [-0.2, -0.15) is 0 Å². The van der Waals surface area contributed by atoms with E-state index in [4.69, 9.17) is 5.11 Å². The van der Waals surface area contributed by atoms with Crippen molar-refractivity contribution in [1.29, 1.82) is 0 Å². The zero-order valence-electron chi connectivity index (χ0n) is 12.1. The second kappa shape index (κ2) is 5.75. The molecular weight excluding hydrogens is 268 g/mol. The largest absolute Gasteiger partial charge is 0.478 e. The summed E-state index contributed by atoms with van der Waals surface area (Å²) < 4.78 is 0. The molecule has 1 aromatic heterocycles. The third kappa shape index (κ3) is 3.08. The van der Waals surface area contributed by atoms with Crippen molar-refractivity contribution in [2.24, 2.45) is 0 Å². The molecule has 1 amide bonds. The maximum absolute atomic E-state index is 12.4. The highest BCUT2D eigenvalue weighted by molar-refractivity contribution is 6.09. The molecule has 2 rings (SSSR count). The van der Waals surface area contributed by atoms with Crippen molar-refractivity contribution in [1.82, 2.24) is 4.98 Å². The fourth-order valence-corrected chi connectivity index (χ4v) is 2.40. The molecule has 5 nitrogen and oxygen atoms in total. The SMILES string of the molecule is Cc1cc(C)c(C(=O)Nc2cnccc2C(=O)O)c(C)c1. The number of carbonyl (C=O) groups is 2. The molecule has 0 spiro atoms. The molecular formula is C16H16N2O3. The Morgan fingerprint density at radius 3 is 2.33 bits per heavy atom. The molecule has 108 valence electrons. The summed E-state index contributed by atoms with van der Waals surface area (Å²) in [6.07, 6.45) is 2.71. The van der Waals surface area contributed by atoms with Gasteiger partial charge in [0.2, 0.25) is 0 Å². The fraction of sp³-hybridized carbons (Fsp3) is 0.188. The minimum absolute atomic E-state index is 0.0146. The van der Waals surface area contributed by atoms with Crippen LogP contribution >= 0.6 is 0 Å². The highest BCUT2D eigenvalue weighted by atomic mass is 16.4. The third-order valence-corrected chi connectivity index (χ3v) is 3.20. The van der Waals surface area contributed by atoms with Crippen LogP contribution in [0.3, 0.4) is 0 Å². The van der Waals surface area contributed by atoms with Crippen molar-refractivity contribution in [2.45, 2.75) is 20.8 Å². The van der Waals surface area contributed by atoms with Crippen LogP contribution in [0.2, 0.25) is 0 Å². The van der Waals surface area contributed by atoms with Crippen LogP contribution in [-0.2, 0) is 0 Å². The van der Waals surface area contributed by atoms with E-state index < -0.39 is 5.97 Å². The van der Waals surface area contributed by atoms with Crippen molar-refractivity contribution in [3.05, 3.63) is 58.4 Å². The number of anilines is 1. The van der Waals surface area contributed by atoms with Crippen molar-refractivity contribution in [3.63, 3.8) is 0 Å². The second-order valence-electron chi connectivity index (χ2n) is 4.95. The molecule has 0 unspecified atom stereocenters. The first-order chi connectivity index (χ1) is 9.90. The summed E-state index contributed by atoms with van der Waals surface area (Å²) in [5.41, 5.74) is 3.54. The quantitative estimate of drug-likeness (QED) is 0.908. The van der Waals surface area contributed by atoms with E-state index in [0.717, 1.165) is 16.7 Å². The number of carbonyl (C=O) groups excluding carboxylic acids is 1. The van der Waals surface area contributed by atoms with Crippen molar-refractivity contribution >= 4 is 17.6 Å². The van der Waals surface area contributed by atoms with Crippen molar-refractivity contribution in [2.75, 3.05) is 5.32 Å². The van der Waals surface area contributed by atoms with E-state index in [1.165, 1.54) is 18.5 Å². The van der Waals surface area contributed by atoms with E-state index in [0.29, 0.717) is 5.56 Å². The van der Waals surface area contributed by atoms with Gasteiger partial charge in [-0.25, -0.2) is 4.79 Å². The van der Waals surface area contributed by atoms with Gasteiger partial charge in [-0.15, -0.1) is 0 Å². The van der Waals surface area contributed by atoms with E-state index in [2.05, 4.69) is 10.3 Å². The van der Waals surface area contributed by atoms with Crippen molar-refractivity contribution in [3.8, 4) is 0 Å². The van der Waals surface area contributed by atoms with Crippen LogP contribution in [0, 0.1) is 20.8 Å². The molecule has 5 heteroatoms. The van der Waals surface area contributed by atoms with Crippen LogP contribution in [0.25, 0.3) is 0 Å². The van der Waals surface area contributed by atoms with Crippen LogP contribution in [-0.4, -0.2) is 22.0 Å². The fourth-order valence-electron chi connectivity index (χ4n) is 2.40. The van der Waals surface area contributed by atoms with Crippen LogP contribution in [0.15, 0.2) is 30.6 Å². The van der Waals surface area contributed by atoms with E-state index >= 15 is 0 Å². The molecule has 0 bridgehead atoms. The molecule has 21 heavy (non-hydrogen) atoms. The Bertz CT molecular complexity index is 700. The first-order valence-electron chi connectivity index (χ1n) is 6.46. The summed E-state index contributed by atoms with van der Waals surface area (Å²) in [7, 11) is 0. The standard InChI is InChI=1S/C16H16N2O3/c1-9-6-10(2)14(11(3)7-9)15(19)18-13-8-17-5-4-12(13)16(20)21/h4-8H,1-3H3,(H,18,19)(H,20,21). The zero-order chi connectivity index (χ0) is 15.6. The summed E-state index contributed by atoms with van der Waals surface area (Å²) in [5.74, 6) is -1.44. The molecule has 2 aromatic rings. The number of aromatic carboxylic acids is 1. The molecule has 1 aromatic carbocycles. The molecule has 2 N–H and O–H groups in total. The van der Waals surface area contributed by atoms with Crippen molar-refractivity contribution < 1.29 is 14.7 Å². The lowest BCUT2D eigenvalue weighted by Gasteiger charge is -2.12. The first kappa shape index (κ1) is 14.7. The number of rotatable bonds is 3. The number of hydrogen-bond acceptors (Lipinski definition) is 3. The molecule has 0 fully saturated rings. The Morgan fingerprint density at radius 1 is 1.14 bits per heavy atom. The summed E-state index contributed by atoms with van der Waals surface area (Å²) in [4.78, 5) is 27.4. The number of carboxylic acids is 1. The lowest BCUT2D eigenvalue weighted by atomic mass is 9.99. The van der Waals surface area contributed by atoms with Crippen LogP contribution < -0.4 is 5.32 Å². The molecule has 0 aliphatic rings. The van der Waals surface area contributed by atoms with Gasteiger partial charge in [-0.05, 0) is 38.0 Å². The maximum Gasteiger partial charge on any atom is 0.337 e. The lowest BCUT2D eigenvalue weighted by Crippen LogP contribution is -2.17.